The highest BCUT2D eigenvalue weighted by atomic mass is 32.2. The van der Waals surface area contributed by atoms with Crippen LogP contribution in [0.15, 0.2) is 47.4 Å². The number of benzene rings is 2. The highest BCUT2D eigenvalue weighted by Gasteiger charge is 2.33. The first kappa shape index (κ1) is 17.9. The maximum Gasteiger partial charge on any atom is 0.273 e. The lowest BCUT2D eigenvalue weighted by Gasteiger charge is -2.16. The van der Waals surface area contributed by atoms with Crippen molar-refractivity contribution >= 4 is 51.7 Å². The van der Waals surface area contributed by atoms with E-state index in [9.17, 15) is 20.0 Å². The number of methoxy groups -OCH3 is 1. The predicted molar refractivity (Wildman–Crippen MR) is 101 cm³/mol. The second-order valence-corrected chi connectivity index (χ2v) is 6.85. The SMILES string of the molecule is COc1cc([N+](=O)[O-])cc(/C=C2\SC(=S)N(c3ccccc3)C2=O)c1[O-]. The smallest absolute Gasteiger partial charge is 0.273 e. The van der Waals surface area contributed by atoms with E-state index in [0.29, 0.717) is 10.0 Å². The van der Waals surface area contributed by atoms with Gasteiger partial charge in [0.05, 0.1) is 28.7 Å². The minimum absolute atomic E-state index is 0.00962. The van der Waals surface area contributed by atoms with Gasteiger partial charge in [0.15, 0.2) is 4.32 Å². The molecule has 132 valence electrons. The lowest BCUT2D eigenvalue weighted by atomic mass is 10.1. The molecule has 2 aromatic carbocycles. The summed E-state index contributed by atoms with van der Waals surface area (Å²) in [6.07, 6.45) is 1.31. The van der Waals surface area contributed by atoms with E-state index in [-0.39, 0.29) is 21.9 Å². The molecule has 1 fully saturated rings. The molecule has 1 aliphatic rings. The van der Waals surface area contributed by atoms with Gasteiger partial charge in [-0.1, -0.05) is 47.9 Å². The number of para-hydroxylation sites is 1. The van der Waals surface area contributed by atoms with Crippen LogP contribution in [0.3, 0.4) is 0 Å². The van der Waals surface area contributed by atoms with Gasteiger partial charge in [0.2, 0.25) is 0 Å². The van der Waals surface area contributed by atoms with Crippen LogP contribution in [0, 0.1) is 10.1 Å². The summed E-state index contributed by atoms with van der Waals surface area (Å²) in [4.78, 5) is 24.7. The van der Waals surface area contributed by atoms with E-state index in [4.69, 9.17) is 17.0 Å². The molecule has 26 heavy (non-hydrogen) atoms. The summed E-state index contributed by atoms with van der Waals surface area (Å²) in [5.74, 6) is -1.09. The molecule has 3 rings (SSSR count). The molecule has 0 aliphatic carbocycles. The van der Waals surface area contributed by atoms with E-state index in [1.54, 1.807) is 24.3 Å². The number of carbonyl (C=O) groups is 1. The predicted octanol–water partition coefficient (Wildman–Crippen LogP) is 3.08. The molecule has 0 saturated carbocycles. The average Bonchev–Trinajstić information content (AvgIpc) is 2.90. The summed E-state index contributed by atoms with van der Waals surface area (Å²) in [5, 5.41) is 23.4. The van der Waals surface area contributed by atoms with Gasteiger partial charge in [-0.25, -0.2) is 0 Å². The molecule has 0 unspecified atom stereocenters. The Labute approximate surface area is 158 Å². The number of rotatable bonds is 4. The van der Waals surface area contributed by atoms with Crippen LogP contribution < -0.4 is 14.7 Å². The van der Waals surface area contributed by atoms with Crippen molar-refractivity contribution in [3.8, 4) is 11.5 Å². The van der Waals surface area contributed by atoms with Crippen LogP contribution >= 0.6 is 24.0 Å². The molecule has 2 aromatic rings. The lowest BCUT2D eigenvalue weighted by Crippen LogP contribution is -2.27. The summed E-state index contributed by atoms with van der Waals surface area (Å²) in [6.45, 7) is 0. The molecule has 7 nitrogen and oxygen atoms in total. The standard InChI is InChI=1S/C17H12N2O5S2/c1-24-13-9-12(19(22)23)7-10(15(13)20)8-14-16(21)18(17(25)26-14)11-5-3-2-4-6-11/h2-9,20H,1H3/p-1/b14-8-. The molecule has 1 saturated heterocycles. The molecular weight excluding hydrogens is 376 g/mol. The van der Waals surface area contributed by atoms with E-state index < -0.39 is 16.6 Å². The van der Waals surface area contributed by atoms with E-state index in [2.05, 4.69) is 0 Å². The molecule has 0 bridgehead atoms. The fourth-order valence-electron chi connectivity index (χ4n) is 2.38. The third-order valence-electron chi connectivity index (χ3n) is 3.59. The number of ether oxygens (including phenoxy) is 1. The van der Waals surface area contributed by atoms with Gasteiger partial charge in [-0.2, -0.15) is 0 Å². The zero-order valence-electron chi connectivity index (χ0n) is 13.4. The zero-order valence-corrected chi connectivity index (χ0v) is 15.0. The minimum atomic E-state index is -0.630. The van der Waals surface area contributed by atoms with Crippen molar-refractivity contribution < 1.29 is 19.6 Å². The first-order valence-corrected chi connectivity index (χ1v) is 8.51. The van der Waals surface area contributed by atoms with Crippen LogP contribution in [0.5, 0.6) is 11.5 Å². The first-order chi connectivity index (χ1) is 12.4. The van der Waals surface area contributed by atoms with Crippen LogP contribution in [0.1, 0.15) is 5.56 Å². The van der Waals surface area contributed by atoms with E-state index in [0.717, 1.165) is 23.9 Å². The van der Waals surface area contributed by atoms with Crippen molar-refractivity contribution in [2.75, 3.05) is 12.0 Å². The Kier molecular flexibility index (Phi) is 4.92. The Morgan fingerprint density at radius 1 is 1.27 bits per heavy atom. The number of anilines is 1. The minimum Gasteiger partial charge on any atom is -0.870 e. The summed E-state index contributed by atoms with van der Waals surface area (Å²) >= 11 is 6.29. The van der Waals surface area contributed by atoms with Gasteiger partial charge in [0, 0.05) is 6.07 Å². The van der Waals surface area contributed by atoms with Crippen molar-refractivity contribution in [3.63, 3.8) is 0 Å². The number of nitrogens with zero attached hydrogens (tertiary/aromatic N) is 2. The fourth-order valence-corrected chi connectivity index (χ4v) is 3.67. The molecule has 0 N–H and O–H groups in total. The van der Waals surface area contributed by atoms with Gasteiger partial charge in [0.1, 0.15) is 5.75 Å². The van der Waals surface area contributed by atoms with Gasteiger partial charge < -0.3 is 9.84 Å². The summed E-state index contributed by atoms with van der Waals surface area (Å²) in [5.41, 5.74) is 0.299. The van der Waals surface area contributed by atoms with E-state index in [1.165, 1.54) is 18.1 Å². The molecule has 1 heterocycles. The third kappa shape index (κ3) is 3.26. The number of non-ortho nitro benzene ring substituents is 1. The number of hydrogen-bond donors (Lipinski definition) is 0. The second kappa shape index (κ2) is 7.14. The number of nitro benzene ring substituents is 1. The Bertz CT molecular complexity index is 944. The van der Waals surface area contributed by atoms with Crippen molar-refractivity contribution in [2.45, 2.75) is 0 Å². The quantitative estimate of drug-likeness (QED) is 0.344. The van der Waals surface area contributed by atoms with Gasteiger partial charge >= 0.3 is 0 Å². The molecule has 0 radical (unpaired) electrons. The normalized spacial score (nSPS) is 15.6. The van der Waals surface area contributed by atoms with Gasteiger partial charge in [-0.3, -0.25) is 19.8 Å². The largest absolute Gasteiger partial charge is 0.870 e. The van der Waals surface area contributed by atoms with Crippen LogP contribution in [0.25, 0.3) is 6.08 Å². The monoisotopic (exact) mass is 387 g/mol. The van der Waals surface area contributed by atoms with Crippen molar-refractivity contribution in [1.82, 2.24) is 0 Å². The number of amides is 1. The Morgan fingerprint density at radius 2 is 1.96 bits per heavy atom. The van der Waals surface area contributed by atoms with Crippen LogP contribution in [0.4, 0.5) is 11.4 Å². The highest BCUT2D eigenvalue weighted by Crippen LogP contribution is 2.39. The van der Waals surface area contributed by atoms with E-state index in [1.807, 2.05) is 6.07 Å². The molecule has 0 atom stereocenters. The fraction of sp³-hybridized carbons (Fsp3) is 0.0588. The summed E-state index contributed by atoms with van der Waals surface area (Å²) < 4.78 is 5.22. The number of hydrogen-bond acceptors (Lipinski definition) is 7. The molecule has 9 heteroatoms. The number of carbonyl (C=O) groups excluding carboxylic acids is 1. The zero-order chi connectivity index (χ0) is 18.8. The van der Waals surface area contributed by atoms with Crippen LogP contribution in [0.2, 0.25) is 0 Å². The molecule has 0 spiro atoms. The maximum absolute atomic E-state index is 12.7. The van der Waals surface area contributed by atoms with Crippen molar-refractivity contribution in [2.24, 2.45) is 0 Å². The number of nitro groups is 1. The number of thiocarbonyl (C=S) groups is 1. The van der Waals surface area contributed by atoms with Crippen LogP contribution in [-0.4, -0.2) is 22.3 Å². The summed E-state index contributed by atoms with van der Waals surface area (Å²) in [7, 11) is 1.25. The van der Waals surface area contributed by atoms with Crippen molar-refractivity contribution in [3.05, 3.63) is 63.0 Å². The van der Waals surface area contributed by atoms with Crippen LogP contribution in [-0.2, 0) is 4.79 Å². The maximum atomic E-state index is 12.7. The Morgan fingerprint density at radius 3 is 2.58 bits per heavy atom. The van der Waals surface area contributed by atoms with Gasteiger partial charge in [0.25, 0.3) is 11.6 Å². The lowest BCUT2D eigenvalue weighted by molar-refractivity contribution is -0.385. The Hall–Kier alpha value is -2.91. The molecular formula is C17H11N2O5S2-. The highest BCUT2D eigenvalue weighted by molar-refractivity contribution is 8.27. The Balaban J connectivity index is 2.03. The summed E-state index contributed by atoms with van der Waals surface area (Å²) in [6, 6.07) is 11.0. The topological polar surface area (TPSA) is 95.7 Å². The molecule has 1 aliphatic heterocycles. The molecule has 1 amide bonds. The van der Waals surface area contributed by atoms with E-state index >= 15 is 0 Å². The number of thioether (sulfide) groups is 1. The van der Waals surface area contributed by atoms with Gasteiger partial charge in [-0.05, 0) is 23.8 Å². The van der Waals surface area contributed by atoms with Crippen molar-refractivity contribution in [1.29, 1.82) is 0 Å². The average molecular weight is 387 g/mol. The van der Waals surface area contributed by atoms with Gasteiger partial charge in [-0.15, -0.1) is 0 Å². The third-order valence-corrected chi connectivity index (χ3v) is 4.90. The molecule has 0 aromatic heterocycles. The first-order valence-electron chi connectivity index (χ1n) is 7.29. The second-order valence-electron chi connectivity index (χ2n) is 5.18.